The third-order valence-electron chi connectivity index (χ3n) is 6.26. The smallest absolute Gasteiger partial charge is 0.167 e. The lowest BCUT2D eigenvalue weighted by Crippen LogP contribution is -2.35. The van der Waals surface area contributed by atoms with E-state index in [4.69, 9.17) is 10.5 Å². The molecule has 9 nitrogen and oxygen atoms in total. The van der Waals surface area contributed by atoms with Crippen molar-refractivity contribution in [2.45, 2.75) is 56.3 Å². The zero-order valence-corrected chi connectivity index (χ0v) is 14.4. The van der Waals surface area contributed by atoms with Crippen molar-refractivity contribution in [1.82, 2.24) is 19.5 Å². The molecule has 7 atom stereocenters. The molecular formula is C17H24N6O3. The number of hydrogen-bond acceptors (Lipinski definition) is 8. The molecule has 140 valence electrons. The molecular weight excluding hydrogens is 336 g/mol. The Morgan fingerprint density at radius 3 is 2.77 bits per heavy atom. The summed E-state index contributed by atoms with van der Waals surface area (Å²) < 4.78 is 7.36. The number of hydrogen-bond donors (Lipinski definition) is 4. The van der Waals surface area contributed by atoms with E-state index in [0.717, 1.165) is 11.7 Å². The molecule has 3 heterocycles. The van der Waals surface area contributed by atoms with Crippen LogP contribution >= 0.6 is 0 Å². The first-order valence-electron chi connectivity index (χ1n) is 9.31. The number of imidazole rings is 1. The van der Waals surface area contributed by atoms with Crippen molar-refractivity contribution in [3.05, 3.63) is 12.7 Å². The predicted molar refractivity (Wildman–Crippen MR) is 93.2 cm³/mol. The lowest BCUT2D eigenvalue weighted by molar-refractivity contribution is -0.0322. The maximum Gasteiger partial charge on any atom is 0.167 e. The number of aliphatic hydroxyl groups is 2. The number of aliphatic hydroxyl groups excluding tert-OH is 2. The molecule has 0 spiro atoms. The molecule has 0 radical (unpaired) electrons. The summed E-state index contributed by atoms with van der Waals surface area (Å²) in [7, 11) is 0. The molecule has 2 saturated carbocycles. The van der Waals surface area contributed by atoms with Crippen LogP contribution in [0, 0.1) is 11.8 Å². The van der Waals surface area contributed by atoms with E-state index in [9.17, 15) is 10.2 Å². The van der Waals surface area contributed by atoms with Crippen molar-refractivity contribution in [3.63, 3.8) is 0 Å². The normalized spacial score (nSPS) is 39.1. The number of nitrogens with zero attached hydrogens (tertiary/aromatic N) is 4. The van der Waals surface area contributed by atoms with Gasteiger partial charge in [-0.1, -0.05) is 6.42 Å². The van der Waals surface area contributed by atoms with Crippen LogP contribution in [0.2, 0.25) is 0 Å². The Balaban J connectivity index is 1.44. The Morgan fingerprint density at radius 2 is 2.08 bits per heavy atom. The summed E-state index contributed by atoms with van der Waals surface area (Å²) in [5.74, 6) is 2.27. The summed E-state index contributed by atoms with van der Waals surface area (Å²) in [5.41, 5.74) is 6.82. The van der Waals surface area contributed by atoms with Gasteiger partial charge >= 0.3 is 0 Å². The highest BCUT2D eigenvalue weighted by molar-refractivity contribution is 5.82. The second-order valence-corrected chi connectivity index (χ2v) is 7.75. The van der Waals surface area contributed by atoms with Crippen molar-refractivity contribution < 1.29 is 14.9 Å². The van der Waals surface area contributed by atoms with Crippen LogP contribution in [0.5, 0.6) is 0 Å². The summed E-state index contributed by atoms with van der Waals surface area (Å²) in [5, 5.41) is 24.0. The lowest BCUT2D eigenvalue weighted by atomic mass is 9.95. The van der Waals surface area contributed by atoms with E-state index in [0.29, 0.717) is 23.1 Å². The maximum atomic E-state index is 10.3. The first-order chi connectivity index (χ1) is 12.7. The van der Waals surface area contributed by atoms with Crippen LogP contribution in [0.4, 0.5) is 5.82 Å². The van der Waals surface area contributed by atoms with Crippen LogP contribution in [0.1, 0.15) is 31.9 Å². The third kappa shape index (κ3) is 2.42. The van der Waals surface area contributed by atoms with Gasteiger partial charge in [0.15, 0.2) is 23.2 Å². The number of nitrogens with two attached hydrogens (primary N) is 1. The molecule has 26 heavy (non-hydrogen) atoms. The molecule has 2 aromatic heterocycles. The van der Waals surface area contributed by atoms with Gasteiger partial charge in [-0.3, -0.25) is 4.57 Å². The summed E-state index contributed by atoms with van der Waals surface area (Å²) in [4.78, 5) is 13.2. The Morgan fingerprint density at radius 1 is 1.19 bits per heavy atom. The second kappa shape index (κ2) is 6.12. The summed E-state index contributed by atoms with van der Waals surface area (Å²) in [6.45, 7) is 0.132. The fraction of sp³-hybridized carbons (Fsp3) is 0.706. The second-order valence-electron chi connectivity index (χ2n) is 7.75. The SMILES string of the molecule is NC[C@H]1O[C@@H](n2cnc3c(N[C@H]4C[C@H]5CC[C@H]4C5)ncnc32)[C@H](O)[C@@H]1O. The van der Waals surface area contributed by atoms with Crippen molar-refractivity contribution >= 4 is 17.0 Å². The van der Waals surface area contributed by atoms with Crippen molar-refractivity contribution in [2.24, 2.45) is 17.6 Å². The maximum absolute atomic E-state index is 10.3. The standard InChI is InChI=1S/C17H24N6O3/c18-5-11-13(24)14(25)17(26-11)23-7-21-12-15(19-6-20-16(12)23)22-10-4-8-1-2-9(10)3-8/h6-11,13-14,17,24-25H,1-5,18H2,(H,19,20,22)/t8-,9-,10-,11+,13+,14+,17+/m0/s1. The molecule has 2 aromatic rings. The molecule has 1 saturated heterocycles. The van der Waals surface area contributed by atoms with E-state index in [1.807, 2.05) is 0 Å². The fourth-order valence-corrected chi connectivity index (χ4v) is 4.89. The van der Waals surface area contributed by atoms with E-state index in [1.165, 1.54) is 32.0 Å². The minimum Gasteiger partial charge on any atom is -0.387 e. The van der Waals surface area contributed by atoms with Gasteiger partial charge in [-0.25, -0.2) is 15.0 Å². The first-order valence-corrected chi connectivity index (χ1v) is 9.31. The predicted octanol–water partition coefficient (Wildman–Crippen LogP) is 0.00470. The van der Waals surface area contributed by atoms with Gasteiger partial charge in [0.05, 0.1) is 6.33 Å². The van der Waals surface area contributed by atoms with Crippen molar-refractivity contribution in [2.75, 3.05) is 11.9 Å². The molecule has 1 aliphatic heterocycles. The van der Waals surface area contributed by atoms with E-state index < -0.39 is 24.5 Å². The number of aromatic nitrogens is 4. The van der Waals surface area contributed by atoms with Crippen LogP contribution in [-0.2, 0) is 4.74 Å². The molecule has 2 bridgehead atoms. The number of nitrogens with one attached hydrogen (secondary N) is 1. The number of rotatable bonds is 4. The molecule has 0 aromatic carbocycles. The fourth-order valence-electron chi connectivity index (χ4n) is 4.89. The van der Waals surface area contributed by atoms with Gasteiger partial charge in [-0.15, -0.1) is 0 Å². The lowest BCUT2D eigenvalue weighted by Gasteiger charge is -2.23. The summed E-state index contributed by atoms with van der Waals surface area (Å²) >= 11 is 0. The Hall–Kier alpha value is -1.81. The highest BCUT2D eigenvalue weighted by Crippen LogP contribution is 2.45. The molecule has 0 unspecified atom stereocenters. The zero-order chi connectivity index (χ0) is 17.8. The Kier molecular flexibility index (Phi) is 3.85. The van der Waals surface area contributed by atoms with E-state index >= 15 is 0 Å². The van der Waals surface area contributed by atoms with Crippen LogP contribution in [0.25, 0.3) is 11.2 Å². The zero-order valence-electron chi connectivity index (χ0n) is 14.4. The first kappa shape index (κ1) is 16.4. The largest absolute Gasteiger partial charge is 0.387 e. The summed E-state index contributed by atoms with van der Waals surface area (Å²) in [6, 6.07) is 0.439. The Labute approximate surface area is 150 Å². The molecule has 9 heteroatoms. The van der Waals surface area contributed by atoms with Crippen molar-refractivity contribution in [1.29, 1.82) is 0 Å². The van der Waals surface area contributed by atoms with Gasteiger partial charge < -0.3 is 26.0 Å². The third-order valence-corrected chi connectivity index (χ3v) is 6.26. The van der Waals surface area contributed by atoms with Crippen LogP contribution in [0.3, 0.4) is 0 Å². The van der Waals surface area contributed by atoms with Gasteiger partial charge in [-0.05, 0) is 31.1 Å². The van der Waals surface area contributed by atoms with E-state index in [1.54, 1.807) is 10.9 Å². The average molecular weight is 360 g/mol. The topological polar surface area (TPSA) is 131 Å². The van der Waals surface area contributed by atoms with Gasteiger partial charge in [0.1, 0.15) is 24.6 Å². The minimum absolute atomic E-state index is 0.132. The van der Waals surface area contributed by atoms with Crippen molar-refractivity contribution in [3.8, 4) is 0 Å². The van der Waals surface area contributed by atoms with Gasteiger partial charge in [0, 0.05) is 12.6 Å². The highest BCUT2D eigenvalue weighted by Gasteiger charge is 2.44. The molecule has 0 amide bonds. The van der Waals surface area contributed by atoms with Gasteiger partial charge in [-0.2, -0.15) is 0 Å². The highest BCUT2D eigenvalue weighted by atomic mass is 16.6. The molecule has 5 N–H and O–H groups in total. The van der Waals surface area contributed by atoms with Gasteiger partial charge in [0.2, 0.25) is 0 Å². The number of anilines is 1. The van der Waals surface area contributed by atoms with E-state index in [-0.39, 0.29) is 6.54 Å². The molecule has 5 rings (SSSR count). The molecule has 3 fully saturated rings. The van der Waals surface area contributed by atoms with Crippen LogP contribution in [-0.4, -0.2) is 60.6 Å². The van der Waals surface area contributed by atoms with Crippen LogP contribution < -0.4 is 11.1 Å². The Bertz CT molecular complexity index is 813. The molecule has 2 aliphatic carbocycles. The van der Waals surface area contributed by atoms with Crippen LogP contribution in [0.15, 0.2) is 12.7 Å². The average Bonchev–Trinajstić information content (AvgIpc) is 3.41. The number of fused-ring (bicyclic) bond motifs is 3. The summed E-state index contributed by atoms with van der Waals surface area (Å²) in [6.07, 6.45) is 4.69. The monoisotopic (exact) mass is 360 g/mol. The minimum atomic E-state index is -1.09. The van der Waals surface area contributed by atoms with Gasteiger partial charge in [0.25, 0.3) is 0 Å². The molecule has 3 aliphatic rings. The quantitative estimate of drug-likeness (QED) is 0.599. The van der Waals surface area contributed by atoms with E-state index in [2.05, 4.69) is 20.3 Å². The number of ether oxygens (including phenoxy) is 1.